The molecule has 0 aliphatic carbocycles. The van der Waals surface area contributed by atoms with Crippen LogP contribution in [0.5, 0.6) is 5.75 Å². The van der Waals surface area contributed by atoms with Crippen LogP contribution in [-0.4, -0.2) is 63.8 Å². The number of nitrogens with zero attached hydrogens (tertiary/aromatic N) is 2. The van der Waals surface area contributed by atoms with E-state index in [9.17, 15) is 8.42 Å². The zero-order valence-corrected chi connectivity index (χ0v) is 14.8. The monoisotopic (exact) mass is 356 g/mol. The second-order valence-corrected chi connectivity index (χ2v) is 8.75. The molecule has 3 rings (SSSR count). The van der Waals surface area contributed by atoms with Gasteiger partial charge in [0.2, 0.25) is 0 Å². The van der Waals surface area contributed by atoms with Gasteiger partial charge in [0.25, 0.3) is 0 Å². The van der Waals surface area contributed by atoms with E-state index in [-0.39, 0.29) is 23.6 Å². The maximum atomic E-state index is 11.9. The molecule has 0 bridgehead atoms. The Labute approximate surface area is 140 Å². The first-order valence-corrected chi connectivity index (χ1v) is 10.2. The first kappa shape index (κ1) is 16.6. The summed E-state index contributed by atoms with van der Waals surface area (Å²) in [6, 6.07) is 7.36. The van der Waals surface area contributed by atoms with Gasteiger partial charge in [-0.15, -0.1) is 0 Å². The Kier molecular flexibility index (Phi) is 4.84. The summed E-state index contributed by atoms with van der Waals surface area (Å²) in [5.74, 6) is 1.85. The molecular formula is C15H20N2O4S2. The number of ether oxygens (including phenoxy) is 2. The van der Waals surface area contributed by atoms with Crippen molar-refractivity contribution in [3.63, 3.8) is 0 Å². The van der Waals surface area contributed by atoms with Crippen LogP contribution in [0.4, 0.5) is 5.69 Å². The van der Waals surface area contributed by atoms with E-state index >= 15 is 0 Å². The largest absolute Gasteiger partial charge is 0.497 e. The summed E-state index contributed by atoms with van der Waals surface area (Å²) in [7, 11) is 0.274. The molecule has 6 nitrogen and oxygen atoms in total. The molecule has 0 aromatic heterocycles. The lowest BCUT2D eigenvalue weighted by atomic mass is 10.1. The summed E-state index contributed by atoms with van der Waals surface area (Å²) >= 11 is 1.60. The summed E-state index contributed by atoms with van der Waals surface area (Å²) in [6.07, 6.45) is 0. The summed E-state index contributed by atoms with van der Waals surface area (Å²) < 4.78 is 34.2. The molecule has 2 aliphatic heterocycles. The van der Waals surface area contributed by atoms with Crippen molar-refractivity contribution in [2.45, 2.75) is 12.1 Å². The van der Waals surface area contributed by atoms with E-state index in [1.54, 1.807) is 26.0 Å². The minimum absolute atomic E-state index is 0.113. The highest BCUT2D eigenvalue weighted by Gasteiger charge is 2.47. The van der Waals surface area contributed by atoms with Gasteiger partial charge in [-0.2, -0.15) is 0 Å². The third kappa shape index (κ3) is 3.49. The van der Waals surface area contributed by atoms with Gasteiger partial charge in [0.05, 0.1) is 37.3 Å². The van der Waals surface area contributed by atoms with E-state index in [2.05, 4.69) is 9.89 Å². The highest BCUT2D eigenvalue weighted by molar-refractivity contribution is 8.14. The standard InChI is InChI=1S/C15H20N2O4S2/c1-20-7-8-22-15-16-13-9-23(18,19)10-14(13)17(15)11-3-5-12(21-2)6-4-11/h3-6,13-14H,7-10H2,1-2H3/t13-,14+/m0/s1. The predicted octanol–water partition coefficient (Wildman–Crippen LogP) is 1.42. The second-order valence-electron chi connectivity index (χ2n) is 5.53. The molecule has 0 spiro atoms. The molecule has 1 saturated heterocycles. The van der Waals surface area contributed by atoms with Gasteiger partial charge >= 0.3 is 0 Å². The van der Waals surface area contributed by atoms with Crippen LogP contribution in [0.2, 0.25) is 0 Å². The molecule has 2 atom stereocenters. The number of anilines is 1. The van der Waals surface area contributed by atoms with Crippen molar-refractivity contribution in [1.29, 1.82) is 0 Å². The molecule has 126 valence electrons. The Morgan fingerprint density at radius 2 is 2.00 bits per heavy atom. The fourth-order valence-corrected chi connectivity index (χ4v) is 5.76. The van der Waals surface area contributed by atoms with Crippen LogP contribution in [0, 0.1) is 0 Å². The number of thioether (sulfide) groups is 1. The van der Waals surface area contributed by atoms with Crippen LogP contribution < -0.4 is 9.64 Å². The number of benzene rings is 1. The van der Waals surface area contributed by atoms with Gasteiger partial charge < -0.3 is 14.4 Å². The van der Waals surface area contributed by atoms with Crippen LogP contribution in [0.15, 0.2) is 29.3 Å². The van der Waals surface area contributed by atoms with Gasteiger partial charge in [0.1, 0.15) is 5.75 Å². The zero-order chi connectivity index (χ0) is 16.4. The lowest BCUT2D eigenvalue weighted by Crippen LogP contribution is -2.39. The number of amidine groups is 1. The van der Waals surface area contributed by atoms with Crippen LogP contribution >= 0.6 is 11.8 Å². The molecule has 0 N–H and O–H groups in total. The smallest absolute Gasteiger partial charge is 0.164 e. The zero-order valence-electron chi connectivity index (χ0n) is 13.1. The molecule has 1 aromatic carbocycles. The average molecular weight is 356 g/mol. The number of hydrogen-bond donors (Lipinski definition) is 0. The third-order valence-electron chi connectivity index (χ3n) is 3.98. The molecule has 23 heavy (non-hydrogen) atoms. The van der Waals surface area contributed by atoms with Gasteiger partial charge in [-0.3, -0.25) is 4.99 Å². The second kappa shape index (κ2) is 6.70. The van der Waals surface area contributed by atoms with Gasteiger partial charge in [0.15, 0.2) is 15.0 Å². The van der Waals surface area contributed by atoms with E-state index in [1.807, 2.05) is 24.3 Å². The van der Waals surface area contributed by atoms with E-state index in [4.69, 9.17) is 9.47 Å². The molecule has 0 amide bonds. The molecular weight excluding hydrogens is 336 g/mol. The van der Waals surface area contributed by atoms with Crippen LogP contribution in [0.3, 0.4) is 0 Å². The van der Waals surface area contributed by atoms with Crippen molar-refractivity contribution in [3.05, 3.63) is 24.3 Å². The van der Waals surface area contributed by atoms with Crippen molar-refractivity contribution >= 4 is 32.5 Å². The highest BCUT2D eigenvalue weighted by Crippen LogP contribution is 2.35. The van der Waals surface area contributed by atoms with Crippen molar-refractivity contribution in [2.75, 3.05) is 43.0 Å². The first-order chi connectivity index (χ1) is 11.0. The topological polar surface area (TPSA) is 68.2 Å². The summed E-state index contributed by atoms with van der Waals surface area (Å²) in [5.41, 5.74) is 0.944. The van der Waals surface area contributed by atoms with Gasteiger partial charge in [-0.05, 0) is 24.3 Å². The van der Waals surface area contributed by atoms with Crippen LogP contribution in [0.1, 0.15) is 0 Å². The molecule has 1 aromatic rings. The summed E-state index contributed by atoms with van der Waals surface area (Å²) in [5, 5.41) is 0.872. The number of rotatable bonds is 5. The van der Waals surface area contributed by atoms with Crippen LogP contribution in [-0.2, 0) is 14.6 Å². The van der Waals surface area contributed by atoms with Crippen molar-refractivity contribution in [1.82, 2.24) is 0 Å². The number of sulfone groups is 1. The van der Waals surface area contributed by atoms with Gasteiger partial charge in [-0.1, -0.05) is 11.8 Å². The Balaban J connectivity index is 1.87. The molecule has 2 heterocycles. The number of hydrogen-bond acceptors (Lipinski definition) is 7. The Bertz CT molecular complexity index is 688. The van der Waals surface area contributed by atoms with Crippen molar-refractivity contribution in [3.8, 4) is 5.75 Å². The predicted molar refractivity (Wildman–Crippen MR) is 93.5 cm³/mol. The third-order valence-corrected chi connectivity index (χ3v) is 6.61. The number of fused-ring (bicyclic) bond motifs is 1. The van der Waals surface area contributed by atoms with Gasteiger partial charge in [0, 0.05) is 18.6 Å². The minimum atomic E-state index is -3.02. The average Bonchev–Trinajstić information content (AvgIpc) is 2.99. The Morgan fingerprint density at radius 3 is 2.65 bits per heavy atom. The van der Waals surface area contributed by atoms with E-state index in [0.717, 1.165) is 22.4 Å². The maximum absolute atomic E-state index is 11.9. The SMILES string of the molecule is COCCSC1=N[C@H]2CS(=O)(=O)C[C@H]2N1c1ccc(OC)cc1. The summed E-state index contributed by atoms with van der Waals surface area (Å²) in [6.45, 7) is 0.633. The van der Waals surface area contributed by atoms with Crippen molar-refractivity contribution < 1.29 is 17.9 Å². The fraction of sp³-hybridized carbons (Fsp3) is 0.533. The molecule has 8 heteroatoms. The van der Waals surface area contributed by atoms with Crippen LogP contribution in [0.25, 0.3) is 0 Å². The van der Waals surface area contributed by atoms with E-state index in [1.165, 1.54) is 0 Å². The molecule has 0 radical (unpaired) electrons. The lowest BCUT2D eigenvalue weighted by Gasteiger charge is -2.26. The van der Waals surface area contributed by atoms with E-state index in [0.29, 0.717) is 6.61 Å². The normalized spacial score (nSPS) is 25.3. The molecule has 0 unspecified atom stereocenters. The lowest BCUT2D eigenvalue weighted by molar-refractivity contribution is 0.219. The van der Waals surface area contributed by atoms with E-state index < -0.39 is 9.84 Å². The molecule has 0 saturated carbocycles. The number of aliphatic imine (C=N–C) groups is 1. The first-order valence-electron chi connectivity index (χ1n) is 7.37. The quantitative estimate of drug-likeness (QED) is 0.743. The van der Waals surface area contributed by atoms with Crippen molar-refractivity contribution in [2.24, 2.45) is 4.99 Å². The fourth-order valence-electron chi connectivity index (χ4n) is 2.89. The minimum Gasteiger partial charge on any atom is -0.497 e. The summed E-state index contributed by atoms with van der Waals surface area (Å²) in [4.78, 5) is 6.71. The molecule has 2 aliphatic rings. The number of methoxy groups -OCH3 is 2. The Hall–Kier alpha value is -1.25. The maximum Gasteiger partial charge on any atom is 0.164 e. The van der Waals surface area contributed by atoms with Gasteiger partial charge in [-0.25, -0.2) is 8.42 Å². The highest BCUT2D eigenvalue weighted by atomic mass is 32.2. The Morgan fingerprint density at radius 1 is 1.26 bits per heavy atom. The molecule has 1 fully saturated rings.